The number of carbonyl (C=O) groups is 3. The summed E-state index contributed by atoms with van der Waals surface area (Å²) >= 11 is 5.37. The minimum Gasteiger partial charge on any atom is -0.394 e. The molecule has 0 saturated carbocycles. The van der Waals surface area contributed by atoms with Crippen molar-refractivity contribution in [2.45, 2.75) is 60.4 Å². The summed E-state index contributed by atoms with van der Waals surface area (Å²) in [5.41, 5.74) is 2.47. The number of hydrogen-bond acceptors (Lipinski definition) is 7. The molecule has 4 heterocycles. The van der Waals surface area contributed by atoms with Crippen LogP contribution in [-0.2, 0) is 27.6 Å². The van der Waals surface area contributed by atoms with Gasteiger partial charge in [-0.3, -0.25) is 14.4 Å². The summed E-state index contributed by atoms with van der Waals surface area (Å²) in [4.78, 5) is 43.7. The van der Waals surface area contributed by atoms with E-state index >= 15 is 0 Å². The molecule has 6 rings (SSSR count). The Morgan fingerprint density at radius 1 is 1.12 bits per heavy atom. The highest BCUT2D eigenvalue weighted by molar-refractivity contribution is 9.09. The van der Waals surface area contributed by atoms with Gasteiger partial charge >= 0.3 is 0 Å². The lowest BCUT2D eigenvalue weighted by atomic mass is 9.70. The molecule has 7 atom stereocenters. The van der Waals surface area contributed by atoms with Crippen LogP contribution in [0.1, 0.15) is 25.8 Å². The van der Waals surface area contributed by atoms with E-state index in [1.54, 1.807) is 21.3 Å². The first-order valence-electron chi connectivity index (χ1n) is 13.9. The number of rotatable bonds is 9. The third-order valence-electron chi connectivity index (χ3n) is 8.72. The van der Waals surface area contributed by atoms with E-state index in [0.717, 1.165) is 16.6 Å². The van der Waals surface area contributed by atoms with Crippen LogP contribution in [0.3, 0.4) is 0 Å². The van der Waals surface area contributed by atoms with E-state index in [4.69, 9.17) is 0 Å². The van der Waals surface area contributed by atoms with Crippen molar-refractivity contribution in [1.29, 1.82) is 0 Å². The summed E-state index contributed by atoms with van der Waals surface area (Å²) in [6, 6.07) is 15.7. The van der Waals surface area contributed by atoms with Crippen molar-refractivity contribution >= 4 is 56.4 Å². The molecule has 0 radical (unpaired) electrons. The molecule has 3 aromatic rings. The van der Waals surface area contributed by atoms with Crippen molar-refractivity contribution in [3.63, 3.8) is 0 Å². The SMILES string of the molecule is CC(C)[C@H](CO)N1C(=O)[C@@H]2[C@H](C(=O)NCc3ccccc3)[C@H]3SC2(CC3Br)C1C(=O)NCn1nnc2ccccc21. The Morgan fingerprint density at radius 2 is 1.85 bits per heavy atom. The molecule has 0 aliphatic carbocycles. The number of hydrogen-bond donors (Lipinski definition) is 3. The van der Waals surface area contributed by atoms with Crippen LogP contribution in [0.2, 0.25) is 0 Å². The Morgan fingerprint density at radius 3 is 2.59 bits per heavy atom. The molecule has 3 aliphatic rings. The molecule has 10 nitrogen and oxygen atoms in total. The second-order valence-corrected chi connectivity index (χ2v) is 14.1. The van der Waals surface area contributed by atoms with E-state index in [1.807, 2.05) is 68.4 Å². The zero-order chi connectivity index (χ0) is 28.9. The highest BCUT2D eigenvalue weighted by Gasteiger charge is 2.76. The van der Waals surface area contributed by atoms with Crippen molar-refractivity contribution in [2.24, 2.45) is 17.8 Å². The monoisotopic (exact) mass is 640 g/mol. The predicted molar refractivity (Wildman–Crippen MR) is 159 cm³/mol. The average molecular weight is 642 g/mol. The van der Waals surface area contributed by atoms with Gasteiger partial charge in [0.2, 0.25) is 17.7 Å². The maximum Gasteiger partial charge on any atom is 0.245 e. The van der Waals surface area contributed by atoms with Gasteiger partial charge in [-0.15, -0.1) is 16.9 Å². The van der Waals surface area contributed by atoms with Crippen LogP contribution in [0.15, 0.2) is 54.6 Å². The van der Waals surface area contributed by atoms with Crippen LogP contribution in [0, 0.1) is 17.8 Å². The van der Waals surface area contributed by atoms with E-state index in [1.165, 1.54) is 0 Å². The minimum absolute atomic E-state index is 0.0369. The van der Waals surface area contributed by atoms with E-state index in [0.29, 0.717) is 13.0 Å². The fourth-order valence-electron chi connectivity index (χ4n) is 6.83. The highest BCUT2D eigenvalue weighted by atomic mass is 79.9. The number of likely N-dealkylation sites (tertiary alicyclic amines) is 1. The van der Waals surface area contributed by atoms with Gasteiger partial charge in [0.1, 0.15) is 18.2 Å². The standard InChI is InChI=1S/C29H33BrN6O4S/c1-16(2)21(14-37)36-25(27(39)32-15-35-20-11-7-6-10-19(20)33-34-35)29-12-18(30)24(41-29)22(23(29)28(36)40)26(38)31-13-17-8-4-3-5-9-17/h3-11,16,18,21-25,37H,12-15H2,1-2H3,(H,31,38)(H,32,39)/t18?,21-,22-,23-,24-,25?,29?/m0/s1. The number of halogens is 1. The summed E-state index contributed by atoms with van der Waals surface area (Å²) in [6.07, 6.45) is 0.568. The molecule has 41 heavy (non-hydrogen) atoms. The number of para-hydroxylation sites is 1. The molecule has 216 valence electrons. The van der Waals surface area contributed by atoms with Gasteiger partial charge in [-0.2, -0.15) is 0 Å². The second kappa shape index (κ2) is 11.0. The number of carbonyl (C=O) groups excluding carboxylic acids is 3. The number of alkyl halides is 1. The van der Waals surface area contributed by atoms with Crippen molar-refractivity contribution in [2.75, 3.05) is 6.61 Å². The maximum absolute atomic E-state index is 14.3. The van der Waals surface area contributed by atoms with Crippen LogP contribution in [0.25, 0.3) is 11.0 Å². The van der Waals surface area contributed by atoms with Crippen molar-refractivity contribution in [3.8, 4) is 0 Å². The number of fused-ring (bicyclic) bond motifs is 2. The minimum atomic E-state index is -0.851. The molecular weight excluding hydrogens is 608 g/mol. The summed E-state index contributed by atoms with van der Waals surface area (Å²) < 4.78 is 0.809. The molecule has 3 unspecified atom stereocenters. The lowest BCUT2D eigenvalue weighted by Gasteiger charge is -2.38. The Balaban J connectivity index is 1.31. The zero-order valence-electron chi connectivity index (χ0n) is 22.8. The average Bonchev–Trinajstić information content (AvgIpc) is 3.69. The van der Waals surface area contributed by atoms with E-state index in [9.17, 15) is 19.5 Å². The molecule has 3 amide bonds. The van der Waals surface area contributed by atoms with Crippen LogP contribution < -0.4 is 10.6 Å². The first kappa shape index (κ1) is 28.2. The molecule has 3 N–H and O–H groups in total. The Kier molecular flexibility index (Phi) is 7.58. The van der Waals surface area contributed by atoms with Gasteiger partial charge in [0, 0.05) is 16.6 Å². The van der Waals surface area contributed by atoms with Crippen LogP contribution >= 0.6 is 27.7 Å². The quantitative estimate of drug-likeness (QED) is 0.306. The van der Waals surface area contributed by atoms with Crippen LogP contribution in [-0.4, -0.2) is 76.2 Å². The smallest absolute Gasteiger partial charge is 0.245 e. The Labute approximate surface area is 250 Å². The van der Waals surface area contributed by atoms with E-state index in [-0.39, 0.29) is 47.0 Å². The van der Waals surface area contributed by atoms with Gasteiger partial charge in [-0.25, -0.2) is 4.68 Å². The highest BCUT2D eigenvalue weighted by Crippen LogP contribution is 2.68. The number of benzene rings is 2. The largest absolute Gasteiger partial charge is 0.394 e. The Bertz CT molecular complexity index is 1470. The fourth-order valence-corrected chi connectivity index (χ4v) is 10.4. The number of nitrogens with zero attached hydrogens (tertiary/aromatic N) is 4. The molecule has 12 heteroatoms. The number of amides is 3. The third kappa shape index (κ3) is 4.64. The molecular formula is C29H33BrN6O4S. The van der Waals surface area contributed by atoms with Crippen molar-refractivity contribution < 1.29 is 19.5 Å². The third-order valence-corrected chi connectivity index (χ3v) is 11.9. The Hall–Kier alpha value is -2.96. The first-order valence-corrected chi connectivity index (χ1v) is 15.7. The number of aliphatic hydroxyl groups is 1. The van der Waals surface area contributed by atoms with Gasteiger partial charge in [0.25, 0.3) is 0 Å². The van der Waals surface area contributed by atoms with Crippen LogP contribution in [0.4, 0.5) is 0 Å². The van der Waals surface area contributed by atoms with Crippen LogP contribution in [0.5, 0.6) is 0 Å². The van der Waals surface area contributed by atoms with Gasteiger partial charge in [0.05, 0.1) is 34.7 Å². The van der Waals surface area contributed by atoms with Gasteiger partial charge in [0.15, 0.2) is 0 Å². The van der Waals surface area contributed by atoms with Crippen molar-refractivity contribution in [1.82, 2.24) is 30.5 Å². The molecule has 2 bridgehead atoms. The summed E-state index contributed by atoms with van der Waals surface area (Å²) in [5.74, 6) is -2.11. The maximum atomic E-state index is 14.3. The van der Waals surface area contributed by atoms with E-state index < -0.39 is 28.7 Å². The van der Waals surface area contributed by atoms with Crippen molar-refractivity contribution in [3.05, 3.63) is 60.2 Å². The lowest BCUT2D eigenvalue weighted by molar-refractivity contribution is -0.143. The number of thioether (sulfide) groups is 1. The summed E-state index contributed by atoms with van der Waals surface area (Å²) in [6.45, 7) is 4.02. The topological polar surface area (TPSA) is 129 Å². The molecule has 3 fully saturated rings. The number of nitrogens with one attached hydrogen (secondary N) is 2. The molecule has 1 spiro atoms. The van der Waals surface area contributed by atoms with Gasteiger partial charge < -0.3 is 20.6 Å². The molecule has 1 aromatic heterocycles. The molecule has 2 aromatic carbocycles. The normalized spacial score (nSPS) is 29.2. The molecule has 3 aliphatic heterocycles. The number of aliphatic hydroxyl groups excluding tert-OH is 1. The van der Waals surface area contributed by atoms with E-state index in [2.05, 4.69) is 36.9 Å². The second-order valence-electron chi connectivity index (χ2n) is 11.4. The number of aromatic nitrogens is 3. The van der Waals surface area contributed by atoms with Gasteiger partial charge in [-0.05, 0) is 30.0 Å². The zero-order valence-corrected chi connectivity index (χ0v) is 25.2. The summed E-state index contributed by atoms with van der Waals surface area (Å²) in [7, 11) is 0. The molecule has 3 saturated heterocycles. The van der Waals surface area contributed by atoms with Gasteiger partial charge in [-0.1, -0.05) is 77.5 Å². The first-order chi connectivity index (χ1) is 19.8. The summed E-state index contributed by atoms with van der Waals surface area (Å²) in [5, 5.41) is 24.6. The lowest BCUT2D eigenvalue weighted by Crippen LogP contribution is -2.58. The fraction of sp³-hybridized carbons (Fsp3) is 0.483. The predicted octanol–water partition coefficient (Wildman–Crippen LogP) is 2.30.